The molecule has 0 aliphatic rings. The molecule has 5 heteroatoms. The Morgan fingerprint density at radius 2 is 1.70 bits per heavy atom. The average molecular weight is 373 g/mol. The van der Waals surface area contributed by atoms with Crippen LogP contribution >= 0.6 is 11.3 Å². The molecule has 4 nitrogen and oxygen atoms in total. The van der Waals surface area contributed by atoms with Gasteiger partial charge in [0.2, 0.25) is 0 Å². The number of rotatable bonds is 7. The van der Waals surface area contributed by atoms with Gasteiger partial charge in [-0.2, -0.15) is 0 Å². The number of thiazole rings is 1. The van der Waals surface area contributed by atoms with Crippen molar-refractivity contribution < 1.29 is 4.74 Å². The first kappa shape index (κ1) is 17.2. The van der Waals surface area contributed by atoms with Gasteiger partial charge in [-0.25, -0.2) is 4.98 Å². The van der Waals surface area contributed by atoms with Gasteiger partial charge < -0.3 is 10.1 Å². The van der Waals surface area contributed by atoms with Gasteiger partial charge in [-0.15, -0.1) is 11.3 Å². The van der Waals surface area contributed by atoms with Gasteiger partial charge in [0, 0.05) is 29.9 Å². The molecule has 0 bridgehead atoms. The van der Waals surface area contributed by atoms with Crippen molar-refractivity contribution in [2.45, 2.75) is 6.42 Å². The number of anilines is 1. The molecule has 2 aromatic heterocycles. The van der Waals surface area contributed by atoms with E-state index < -0.39 is 0 Å². The number of hydrogen-bond acceptors (Lipinski definition) is 5. The molecular weight excluding hydrogens is 354 g/mol. The van der Waals surface area contributed by atoms with Crippen molar-refractivity contribution in [3.05, 3.63) is 90.1 Å². The van der Waals surface area contributed by atoms with Gasteiger partial charge in [-0.1, -0.05) is 30.3 Å². The van der Waals surface area contributed by atoms with Crippen molar-refractivity contribution in [2.24, 2.45) is 0 Å². The van der Waals surface area contributed by atoms with Gasteiger partial charge in [-0.3, -0.25) is 4.98 Å². The number of para-hydroxylation sites is 1. The monoisotopic (exact) mass is 373 g/mol. The third kappa shape index (κ3) is 4.71. The molecule has 4 rings (SSSR count). The maximum absolute atomic E-state index is 5.82. The van der Waals surface area contributed by atoms with Crippen molar-refractivity contribution >= 4 is 16.5 Å². The summed E-state index contributed by atoms with van der Waals surface area (Å²) in [5.74, 6) is 1.69. The SMILES string of the molecule is c1ccc(Oc2ccc(CCNc3nc(-c4cccnc4)cs3)cc2)cc1. The largest absolute Gasteiger partial charge is 0.457 e. The van der Waals surface area contributed by atoms with E-state index in [0.717, 1.165) is 40.9 Å². The third-order valence-corrected chi connectivity index (χ3v) is 4.85. The quantitative estimate of drug-likeness (QED) is 0.454. The highest BCUT2D eigenvalue weighted by Crippen LogP contribution is 2.24. The Morgan fingerprint density at radius 3 is 2.48 bits per heavy atom. The van der Waals surface area contributed by atoms with Gasteiger partial charge in [0.25, 0.3) is 0 Å². The third-order valence-electron chi connectivity index (χ3n) is 4.05. The van der Waals surface area contributed by atoms with E-state index in [9.17, 15) is 0 Å². The van der Waals surface area contributed by atoms with Gasteiger partial charge in [-0.05, 0) is 48.4 Å². The van der Waals surface area contributed by atoms with Gasteiger partial charge in [0.1, 0.15) is 11.5 Å². The Labute approximate surface area is 162 Å². The second-order valence-electron chi connectivity index (χ2n) is 6.02. The van der Waals surface area contributed by atoms with E-state index in [4.69, 9.17) is 4.74 Å². The number of benzene rings is 2. The van der Waals surface area contributed by atoms with Crippen LogP contribution in [0.4, 0.5) is 5.13 Å². The van der Waals surface area contributed by atoms with Crippen LogP contribution in [0.25, 0.3) is 11.3 Å². The van der Waals surface area contributed by atoms with Gasteiger partial charge >= 0.3 is 0 Å². The number of nitrogens with zero attached hydrogens (tertiary/aromatic N) is 2. The maximum atomic E-state index is 5.82. The van der Waals surface area contributed by atoms with Crippen LogP contribution in [-0.4, -0.2) is 16.5 Å². The molecular formula is C22H19N3OS. The molecule has 2 heterocycles. The molecule has 1 N–H and O–H groups in total. The van der Waals surface area contributed by atoms with Crippen molar-refractivity contribution in [3.8, 4) is 22.8 Å². The number of nitrogens with one attached hydrogen (secondary N) is 1. The highest BCUT2D eigenvalue weighted by atomic mass is 32.1. The molecule has 0 saturated carbocycles. The second kappa shape index (κ2) is 8.47. The summed E-state index contributed by atoms with van der Waals surface area (Å²) in [4.78, 5) is 8.76. The van der Waals surface area contributed by atoms with E-state index in [1.165, 1.54) is 5.56 Å². The predicted molar refractivity (Wildman–Crippen MR) is 110 cm³/mol. The summed E-state index contributed by atoms with van der Waals surface area (Å²) in [6.45, 7) is 0.832. The molecule has 0 radical (unpaired) electrons. The highest BCUT2D eigenvalue weighted by molar-refractivity contribution is 7.14. The van der Waals surface area contributed by atoms with E-state index in [0.29, 0.717) is 0 Å². The standard InChI is InChI=1S/C22H19N3OS/c1-2-6-19(7-3-1)26-20-10-8-17(9-11-20)12-14-24-22-25-21(16-27-22)18-5-4-13-23-15-18/h1-11,13,15-16H,12,14H2,(H,24,25). The lowest BCUT2D eigenvalue weighted by molar-refractivity contribution is 0.482. The highest BCUT2D eigenvalue weighted by Gasteiger charge is 2.04. The number of ether oxygens (including phenoxy) is 1. The summed E-state index contributed by atoms with van der Waals surface area (Å²) >= 11 is 1.61. The molecule has 134 valence electrons. The average Bonchev–Trinajstić information content (AvgIpc) is 3.20. The van der Waals surface area contributed by atoms with E-state index in [2.05, 4.69) is 32.8 Å². The number of aromatic nitrogens is 2. The number of hydrogen-bond donors (Lipinski definition) is 1. The summed E-state index contributed by atoms with van der Waals surface area (Å²) in [6, 6.07) is 22.0. The summed E-state index contributed by atoms with van der Waals surface area (Å²) in [7, 11) is 0. The van der Waals surface area contributed by atoms with Crippen LogP contribution < -0.4 is 10.1 Å². The number of pyridine rings is 1. The minimum atomic E-state index is 0.832. The zero-order valence-corrected chi connectivity index (χ0v) is 15.5. The molecule has 0 spiro atoms. The van der Waals surface area contributed by atoms with Crippen molar-refractivity contribution in [1.29, 1.82) is 0 Å². The lowest BCUT2D eigenvalue weighted by Crippen LogP contribution is -2.04. The molecule has 0 amide bonds. The van der Waals surface area contributed by atoms with Crippen LogP contribution in [-0.2, 0) is 6.42 Å². The molecule has 0 aliphatic carbocycles. The van der Waals surface area contributed by atoms with Crippen molar-refractivity contribution in [3.63, 3.8) is 0 Å². The van der Waals surface area contributed by atoms with E-state index in [1.54, 1.807) is 17.5 Å². The predicted octanol–water partition coefficient (Wildman–Crippen LogP) is 5.65. The lowest BCUT2D eigenvalue weighted by atomic mass is 10.1. The molecule has 27 heavy (non-hydrogen) atoms. The summed E-state index contributed by atoms with van der Waals surface area (Å²) in [6.07, 6.45) is 4.52. The van der Waals surface area contributed by atoms with Crippen molar-refractivity contribution in [2.75, 3.05) is 11.9 Å². The zero-order valence-electron chi connectivity index (χ0n) is 14.7. The Bertz CT molecular complexity index is 969. The Hall–Kier alpha value is -3.18. The molecule has 0 unspecified atom stereocenters. The molecule has 0 aliphatic heterocycles. The Balaban J connectivity index is 1.29. The van der Waals surface area contributed by atoms with E-state index >= 15 is 0 Å². The summed E-state index contributed by atoms with van der Waals surface area (Å²) in [5, 5.41) is 6.37. The zero-order chi connectivity index (χ0) is 18.3. The van der Waals surface area contributed by atoms with Crippen LogP contribution in [0, 0.1) is 0 Å². The van der Waals surface area contributed by atoms with Crippen LogP contribution in [0.1, 0.15) is 5.56 Å². The van der Waals surface area contributed by atoms with Crippen LogP contribution in [0.5, 0.6) is 11.5 Å². The smallest absolute Gasteiger partial charge is 0.183 e. The van der Waals surface area contributed by atoms with Gasteiger partial charge in [0.15, 0.2) is 5.13 Å². The fourth-order valence-corrected chi connectivity index (χ4v) is 3.41. The molecule has 0 atom stereocenters. The van der Waals surface area contributed by atoms with Crippen molar-refractivity contribution in [1.82, 2.24) is 9.97 Å². The Morgan fingerprint density at radius 1 is 0.889 bits per heavy atom. The fourth-order valence-electron chi connectivity index (χ4n) is 2.66. The first-order valence-corrected chi connectivity index (χ1v) is 9.66. The minimum absolute atomic E-state index is 0.832. The topological polar surface area (TPSA) is 47.0 Å². The van der Waals surface area contributed by atoms with Crippen LogP contribution in [0.2, 0.25) is 0 Å². The molecule has 0 saturated heterocycles. The fraction of sp³-hybridized carbons (Fsp3) is 0.0909. The second-order valence-corrected chi connectivity index (χ2v) is 6.87. The lowest BCUT2D eigenvalue weighted by Gasteiger charge is -2.07. The summed E-state index contributed by atoms with van der Waals surface area (Å²) in [5.41, 5.74) is 3.25. The molecule has 2 aromatic carbocycles. The van der Waals surface area contributed by atoms with E-state index in [1.807, 2.05) is 60.8 Å². The molecule has 4 aromatic rings. The Kier molecular flexibility index (Phi) is 5.41. The van der Waals surface area contributed by atoms with E-state index in [-0.39, 0.29) is 0 Å². The first-order valence-electron chi connectivity index (χ1n) is 8.78. The van der Waals surface area contributed by atoms with Crippen LogP contribution in [0.15, 0.2) is 84.5 Å². The minimum Gasteiger partial charge on any atom is -0.457 e. The molecule has 0 fully saturated rings. The van der Waals surface area contributed by atoms with Crippen LogP contribution in [0.3, 0.4) is 0 Å². The van der Waals surface area contributed by atoms with Gasteiger partial charge in [0.05, 0.1) is 5.69 Å². The maximum Gasteiger partial charge on any atom is 0.183 e. The summed E-state index contributed by atoms with van der Waals surface area (Å²) < 4.78 is 5.82. The normalized spacial score (nSPS) is 10.5. The first-order chi connectivity index (χ1) is 13.4.